The molecule has 0 aromatic carbocycles. The Bertz CT molecular complexity index is 167. The monoisotopic (exact) mass is 230 g/mol. The minimum absolute atomic E-state index is 0.000764. The second kappa shape index (κ2) is 8.04. The summed E-state index contributed by atoms with van der Waals surface area (Å²) in [6, 6.07) is 0. The van der Waals surface area contributed by atoms with E-state index < -0.39 is 0 Å². The van der Waals surface area contributed by atoms with Crippen LogP contribution in [0.1, 0.15) is 40.5 Å². The first kappa shape index (κ1) is 15.9. The Morgan fingerprint density at radius 3 is 1.94 bits per heavy atom. The van der Waals surface area contributed by atoms with Gasteiger partial charge in [0.1, 0.15) is 0 Å². The predicted octanol–water partition coefficient (Wildman–Crippen LogP) is 2.11. The maximum atomic E-state index is 6.03. The van der Waals surface area contributed by atoms with Crippen molar-refractivity contribution >= 4 is 0 Å². The number of hydrogen-bond acceptors (Lipinski definition) is 3. The molecule has 0 aliphatic heterocycles. The van der Waals surface area contributed by atoms with Gasteiger partial charge in [-0.3, -0.25) is 4.90 Å². The Morgan fingerprint density at radius 1 is 1.19 bits per heavy atom. The van der Waals surface area contributed by atoms with Crippen LogP contribution in [-0.2, 0) is 4.74 Å². The highest BCUT2D eigenvalue weighted by Crippen LogP contribution is 2.25. The van der Waals surface area contributed by atoms with Crippen LogP contribution in [0.2, 0.25) is 0 Å². The van der Waals surface area contributed by atoms with E-state index in [1.54, 1.807) is 7.11 Å². The number of nitrogens with two attached hydrogens (primary N) is 1. The van der Waals surface area contributed by atoms with Crippen LogP contribution in [0.15, 0.2) is 0 Å². The normalized spacial score (nSPS) is 15.8. The lowest BCUT2D eigenvalue weighted by molar-refractivity contribution is -0.0164. The first-order valence-corrected chi connectivity index (χ1v) is 6.53. The van der Waals surface area contributed by atoms with Crippen molar-refractivity contribution in [3.8, 4) is 0 Å². The Labute approximate surface area is 101 Å². The molecule has 98 valence electrons. The summed E-state index contributed by atoms with van der Waals surface area (Å²) in [6.07, 6.45) is 2.33. The Morgan fingerprint density at radius 2 is 1.69 bits per heavy atom. The molecule has 3 heteroatoms. The van der Waals surface area contributed by atoms with Crippen molar-refractivity contribution in [1.29, 1.82) is 0 Å². The lowest BCUT2D eigenvalue weighted by Gasteiger charge is -2.46. The van der Waals surface area contributed by atoms with Crippen molar-refractivity contribution in [2.45, 2.75) is 46.1 Å². The quantitative estimate of drug-likeness (QED) is 0.659. The standard InChI is InChI=1S/C13H30N2O/c1-6-8-15(9-7-2)13(10-14,11-16-5)12(3)4/h12H,6-11,14H2,1-5H3. The smallest absolute Gasteiger partial charge is 0.0661 e. The zero-order valence-electron chi connectivity index (χ0n) is 11.8. The van der Waals surface area contributed by atoms with E-state index in [2.05, 4.69) is 32.6 Å². The molecule has 0 rings (SSSR count). The van der Waals surface area contributed by atoms with Crippen molar-refractivity contribution in [1.82, 2.24) is 4.90 Å². The zero-order valence-corrected chi connectivity index (χ0v) is 11.8. The first-order valence-electron chi connectivity index (χ1n) is 6.53. The summed E-state index contributed by atoms with van der Waals surface area (Å²) in [5.41, 5.74) is 6.04. The van der Waals surface area contributed by atoms with Gasteiger partial charge in [-0.2, -0.15) is 0 Å². The molecule has 0 saturated carbocycles. The molecule has 0 aromatic heterocycles. The van der Waals surface area contributed by atoms with Crippen molar-refractivity contribution in [2.75, 3.05) is 33.4 Å². The van der Waals surface area contributed by atoms with Crippen LogP contribution >= 0.6 is 0 Å². The Hall–Kier alpha value is -0.120. The minimum Gasteiger partial charge on any atom is -0.383 e. The van der Waals surface area contributed by atoms with Gasteiger partial charge < -0.3 is 10.5 Å². The first-order chi connectivity index (χ1) is 7.58. The molecule has 2 N–H and O–H groups in total. The minimum atomic E-state index is 0.000764. The molecule has 3 nitrogen and oxygen atoms in total. The Balaban J connectivity index is 4.90. The van der Waals surface area contributed by atoms with Gasteiger partial charge in [-0.1, -0.05) is 27.7 Å². The molecular formula is C13H30N2O. The topological polar surface area (TPSA) is 38.5 Å². The van der Waals surface area contributed by atoms with E-state index in [4.69, 9.17) is 10.5 Å². The van der Waals surface area contributed by atoms with E-state index in [0.29, 0.717) is 12.5 Å². The third-order valence-corrected chi connectivity index (χ3v) is 3.44. The fraction of sp³-hybridized carbons (Fsp3) is 1.00. The molecule has 0 amide bonds. The van der Waals surface area contributed by atoms with Crippen molar-refractivity contribution < 1.29 is 4.74 Å². The number of rotatable bonds is 9. The maximum Gasteiger partial charge on any atom is 0.0661 e. The average Bonchev–Trinajstić information content (AvgIpc) is 2.25. The predicted molar refractivity (Wildman–Crippen MR) is 70.7 cm³/mol. The van der Waals surface area contributed by atoms with Crippen molar-refractivity contribution in [3.05, 3.63) is 0 Å². The average molecular weight is 230 g/mol. The number of nitrogens with zero attached hydrogens (tertiary/aromatic N) is 1. The fourth-order valence-corrected chi connectivity index (χ4v) is 2.39. The lowest BCUT2D eigenvalue weighted by Crippen LogP contribution is -2.60. The summed E-state index contributed by atoms with van der Waals surface area (Å²) in [5, 5.41) is 0. The van der Waals surface area contributed by atoms with Crippen LogP contribution in [0.3, 0.4) is 0 Å². The van der Waals surface area contributed by atoms with Gasteiger partial charge >= 0.3 is 0 Å². The summed E-state index contributed by atoms with van der Waals surface area (Å²) in [6.45, 7) is 12.5. The van der Waals surface area contributed by atoms with Gasteiger partial charge in [0.15, 0.2) is 0 Å². The summed E-state index contributed by atoms with van der Waals surface area (Å²) in [7, 11) is 1.77. The molecule has 1 atom stereocenters. The van der Waals surface area contributed by atoms with E-state index in [0.717, 1.165) is 32.5 Å². The molecule has 0 heterocycles. The molecule has 0 aliphatic rings. The number of methoxy groups -OCH3 is 1. The van der Waals surface area contributed by atoms with Gasteiger partial charge in [-0.05, 0) is 31.8 Å². The molecule has 0 aliphatic carbocycles. The Kier molecular flexibility index (Phi) is 7.98. The van der Waals surface area contributed by atoms with Gasteiger partial charge in [0.05, 0.1) is 12.1 Å². The SMILES string of the molecule is CCCN(CCC)C(CN)(COC)C(C)C. The van der Waals surface area contributed by atoms with Crippen LogP contribution in [0.25, 0.3) is 0 Å². The highest BCUT2D eigenvalue weighted by atomic mass is 16.5. The molecule has 0 fully saturated rings. The molecule has 1 unspecified atom stereocenters. The van der Waals surface area contributed by atoms with Crippen LogP contribution < -0.4 is 5.73 Å². The fourth-order valence-electron chi connectivity index (χ4n) is 2.39. The summed E-state index contributed by atoms with van der Waals surface area (Å²) in [5.74, 6) is 0.510. The van der Waals surface area contributed by atoms with Crippen LogP contribution in [-0.4, -0.2) is 43.8 Å². The van der Waals surface area contributed by atoms with Crippen molar-refractivity contribution in [2.24, 2.45) is 11.7 Å². The molecule has 0 radical (unpaired) electrons. The second-order valence-corrected chi connectivity index (χ2v) is 4.88. The highest BCUT2D eigenvalue weighted by molar-refractivity contribution is 4.94. The zero-order chi connectivity index (χ0) is 12.6. The maximum absolute atomic E-state index is 6.03. The summed E-state index contributed by atoms with van der Waals surface area (Å²) >= 11 is 0. The van der Waals surface area contributed by atoms with Gasteiger partial charge in [0.25, 0.3) is 0 Å². The van der Waals surface area contributed by atoms with Crippen LogP contribution in [0.5, 0.6) is 0 Å². The van der Waals surface area contributed by atoms with Crippen LogP contribution in [0, 0.1) is 5.92 Å². The molecular weight excluding hydrogens is 200 g/mol. The van der Waals surface area contributed by atoms with E-state index in [-0.39, 0.29) is 5.54 Å². The molecule has 0 spiro atoms. The van der Waals surface area contributed by atoms with Crippen LogP contribution in [0.4, 0.5) is 0 Å². The largest absolute Gasteiger partial charge is 0.383 e. The van der Waals surface area contributed by atoms with E-state index >= 15 is 0 Å². The molecule has 0 saturated heterocycles. The van der Waals surface area contributed by atoms with Gasteiger partial charge in [0.2, 0.25) is 0 Å². The third kappa shape index (κ3) is 3.72. The van der Waals surface area contributed by atoms with E-state index in [1.165, 1.54) is 0 Å². The number of ether oxygens (including phenoxy) is 1. The molecule has 0 bridgehead atoms. The second-order valence-electron chi connectivity index (χ2n) is 4.88. The molecule has 16 heavy (non-hydrogen) atoms. The van der Waals surface area contributed by atoms with Crippen molar-refractivity contribution in [3.63, 3.8) is 0 Å². The summed E-state index contributed by atoms with van der Waals surface area (Å²) in [4.78, 5) is 2.52. The molecule has 0 aromatic rings. The third-order valence-electron chi connectivity index (χ3n) is 3.44. The summed E-state index contributed by atoms with van der Waals surface area (Å²) < 4.78 is 5.41. The lowest BCUT2D eigenvalue weighted by atomic mass is 9.84. The van der Waals surface area contributed by atoms with Gasteiger partial charge in [0, 0.05) is 13.7 Å². The van der Waals surface area contributed by atoms with Gasteiger partial charge in [-0.25, -0.2) is 0 Å². The van der Waals surface area contributed by atoms with E-state index in [1.807, 2.05) is 0 Å². The highest BCUT2D eigenvalue weighted by Gasteiger charge is 2.37. The van der Waals surface area contributed by atoms with Gasteiger partial charge in [-0.15, -0.1) is 0 Å². The van der Waals surface area contributed by atoms with E-state index in [9.17, 15) is 0 Å². The number of hydrogen-bond donors (Lipinski definition) is 1.